The van der Waals surface area contributed by atoms with Crippen LogP contribution in [-0.2, 0) is 18.4 Å². The fourth-order valence-corrected chi connectivity index (χ4v) is 7.74. The predicted octanol–water partition coefficient (Wildman–Crippen LogP) is 13.5. The van der Waals surface area contributed by atoms with Crippen molar-refractivity contribution in [2.24, 2.45) is 0 Å². The summed E-state index contributed by atoms with van der Waals surface area (Å²) in [5.41, 5.74) is 2.90. The van der Waals surface area contributed by atoms with Gasteiger partial charge in [0.25, 0.3) is 0 Å². The summed E-state index contributed by atoms with van der Waals surface area (Å²) in [6.45, 7) is 8.27. The van der Waals surface area contributed by atoms with Gasteiger partial charge in [0.2, 0.25) is 6.33 Å². The van der Waals surface area contributed by atoms with Crippen molar-refractivity contribution in [1.82, 2.24) is 4.57 Å². The van der Waals surface area contributed by atoms with E-state index in [1.165, 1.54) is 159 Å². The molecule has 262 valence electrons. The molecule has 2 aromatic carbocycles. The Balaban J connectivity index is 1.43. The number of nitrogens with zero attached hydrogens (tertiary/aromatic N) is 2. The Morgan fingerprint density at radius 3 is 1.51 bits per heavy atom. The number of rotatable bonds is 29. The van der Waals surface area contributed by atoms with Gasteiger partial charge in [-0.05, 0) is 43.2 Å². The highest BCUT2D eigenvalue weighted by Crippen LogP contribution is 2.41. The van der Waals surface area contributed by atoms with Crippen molar-refractivity contribution in [1.29, 1.82) is 0 Å². The maximum atomic E-state index is 2.57. The molecule has 0 N–H and O–H groups in total. The first-order chi connectivity index (χ1) is 23.2. The number of imidazole rings is 1. The molecule has 0 saturated carbocycles. The molecule has 3 rings (SSSR count). The van der Waals surface area contributed by atoms with Gasteiger partial charge in [-0.2, -0.15) is 0 Å². The van der Waals surface area contributed by atoms with Crippen LogP contribution in [0.25, 0.3) is 0 Å². The van der Waals surface area contributed by atoms with Crippen LogP contribution in [0, 0.1) is 0 Å². The zero-order chi connectivity index (χ0) is 33.3. The third-order valence-electron chi connectivity index (χ3n) is 10.8. The monoisotopic (exact) mass is 642 g/mol. The van der Waals surface area contributed by atoms with Crippen molar-refractivity contribution < 1.29 is 4.57 Å². The van der Waals surface area contributed by atoms with Crippen LogP contribution < -0.4 is 4.57 Å². The summed E-state index contributed by atoms with van der Waals surface area (Å²) in [5, 5.41) is 0. The first kappa shape index (κ1) is 39.1. The first-order valence-corrected chi connectivity index (χ1v) is 20.3. The first-order valence-electron chi connectivity index (χ1n) is 20.3. The molecule has 3 aromatic rings. The normalized spacial score (nSPS) is 13.5. The highest BCUT2D eigenvalue weighted by Gasteiger charge is 2.40. The molecule has 47 heavy (non-hydrogen) atoms. The van der Waals surface area contributed by atoms with E-state index in [4.69, 9.17) is 0 Å². The van der Waals surface area contributed by atoms with Crippen LogP contribution in [0.4, 0.5) is 0 Å². The van der Waals surface area contributed by atoms with Gasteiger partial charge >= 0.3 is 0 Å². The Bertz CT molecular complexity index is 1120. The van der Waals surface area contributed by atoms with Gasteiger partial charge in [-0.1, -0.05) is 203 Å². The highest BCUT2D eigenvalue weighted by molar-refractivity contribution is 5.30. The largest absolute Gasteiger partial charge is 0.244 e. The standard InChI is InChI=1S/C45H73N2/c1-4-6-8-10-11-12-13-14-15-16-17-18-19-20-21-23-31-37-46-38-39-47(41-46)44(36-30-22-9-7-5-2)45(3,43-34-28-25-29-35-43)40-42-32-26-24-27-33-42/h24-29,32-35,38-39,41,44H,4-23,30-31,36-37,40H2,1-3H3/q+1. The quantitative estimate of drug-likeness (QED) is 0.0527. The Morgan fingerprint density at radius 2 is 1.00 bits per heavy atom. The second-order valence-electron chi connectivity index (χ2n) is 14.9. The van der Waals surface area contributed by atoms with Crippen LogP contribution in [0.2, 0.25) is 0 Å². The van der Waals surface area contributed by atoms with E-state index in [-0.39, 0.29) is 5.41 Å². The molecular weight excluding hydrogens is 569 g/mol. The van der Waals surface area contributed by atoms with Gasteiger partial charge in [0, 0.05) is 5.41 Å². The lowest BCUT2D eigenvalue weighted by Crippen LogP contribution is -2.38. The van der Waals surface area contributed by atoms with E-state index < -0.39 is 0 Å². The number of benzene rings is 2. The minimum atomic E-state index is 0.0120. The number of hydrogen-bond donors (Lipinski definition) is 0. The van der Waals surface area contributed by atoms with E-state index in [0.29, 0.717) is 6.04 Å². The smallest absolute Gasteiger partial charge is 0.237 e. The van der Waals surface area contributed by atoms with Crippen molar-refractivity contribution in [2.45, 2.75) is 193 Å². The van der Waals surface area contributed by atoms with Gasteiger partial charge in [-0.3, -0.25) is 0 Å². The van der Waals surface area contributed by atoms with E-state index in [0.717, 1.165) is 13.0 Å². The molecule has 2 heteroatoms. The summed E-state index contributed by atoms with van der Waals surface area (Å²) in [5.74, 6) is 0. The van der Waals surface area contributed by atoms with Crippen molar-refractivity contribution in [3.63, 3.8) is 0 Å². The summed E-state index contributed by atoms with van der Waals surface area (Å²) < 4.78 is 5.03. The second kappa shape index (κ2) is 24.7. The molecule has 0 aliphatic heterocycles. The molecule has 0 aliphatic carbocycles. The fraction of sp³-hybridized carbons (Fsp3) is 0.667. The second-order valence-corrected chi connectivity index (χ2v) is 14.9. The van der Waals surface area contributed by atoms with Gasteiger partial charge in [-0.25, -0.2) is 9.13 Å². The zero-order valence-corrected chi connectivity index (χ0v) is 31.2. The molecular formula is C45H73N2+. The fourth-order valence-electron chi connectivity index (χ4n) is 7.74. The summed E-state index contributed by atoms with van der Waals surface area (Å²) in [6.07, 6.45) is 40.3. The Kier molecular flexibility index (Phi) is 20.6. The minimum Gasteiger partial charge on any atom is -0.237 e. The maximum Gasteiger partial charge on any atom is 0.244 e. The lowest BCUT2D eigenvalue weighted by molar-refractivity contribution is -0.697. The molecule has 1 aromatic heterocycles. The molecule has 2 unspecified atom stereocenters. The molecule has 0 bridgehead atoms. The van der Waals surface area contributed by atoms with Gasteiger partial charge in [0.15, 0.2) is 0 Å². The SMILES string of the molecule is CCCCCCCCCCCCCCCCCCC[n+]1ccn(C(CCCCCCC)C(C)(Cc2ccccc2)c2ccccc2)c1. The van der Waals surface area contributed by atoms with E-state index in [1.807, 2.05) is 0 Å². The number of aromatic nitrogens is 2. The highest BCUT2D eigenvalue weighted by atomic mass is 15.1. The molecule has 0 amide bonds. The minimum absolute atomic E-state index is 0.0120. The van der Waals surface area contributed by atoms with Gasteiger partial charge < -0.3 is 0 Å². The van der Waals surface area contributed by atoms with E-state index in [2.05, 4.69) is 109 Å². The molecule has 0 fully saturated rings. The molecule has 0 radical (unpaired) electrons. The molecule has 0 aliphatic rings. The summed E-state index contributed by atoms with van der Waals surface area (Å²) >= 11 is 0. The average Bonchev–Trinajstić information content (AvgIpc) is 3.56. The predicted molar refractivity (Wildman–Crippen MR) is 205 cm³/mol. The molecule has 2 nitrogen and oxygen atoms in total. The molecule has 0 spiro atoms. The Labute approximate surface area is 291 Å². The van der Waals surface area contributed by atoms with Gasteiger partial charge in [0.1, 0.15) is 18.4 Å². The Hall–Kier alpha value is -2.35. The van der Waals surface area contributed by atoms with E-state index in [9.17, 15) is 0 Å². The van der Waals surface area contributed by atoms with Crippen LogP contribution in [0.5, 0.6) is 0 Å². The number of aryl methyl sites for hydroxylation is 1. The van der Waals surface area contributed by atoms with Crippen LogP contribution in [0.1, 0.15) is 186 Å². The summed E-state index contributed by atoms with van der Waals surface area (Å²) in [4.78, 5) is 0. The molecule has 1 heterocycles. The average molecular weight is 642 g/mol. The van der Waals surface area contributed by atoms with Gasteiger partial charge in [-0.15, -0.1) is 0 Å². The maximum absolute atomic E-state index is 2.57. The summed E-state index contributed by atoms with van der Waals surface area (Å²) in [6, 6.07) is 22.9. The zero-order valence-electron chi connectivity index (χ0n) is 31.2. The van der Waals surface area contributed by atoms with Crippen molar-refractivity contribution in [2.75, 3.05) is 0 Å². The topological polar surface area (TPSA) is 8.81 Å². The van der Waals surface area contributed by atoms with Gasteiger partial charge in [0.05, 0.1) is 6.54 Å². The summed E-state index contributed by atoms with van der Waals surface area (Å²) in [7, 11) is 0. The van der Waals surface area contributed by atoms with Crippen LogP contribution in [0.15, 0.2) is 79.4 Å². The molecule has 0 saturated heterocycles. The van der Waals surface area contributed by atoms with Crippen LogP contribution in [-0.4, -0.2) is 4.57 Å². The number of hydrogen-bond acceptors (Lipinski definition) is 0. The van der Waals surface area contributed by atoms with Crippen molar-refractivity contribution in [3.05, 3.63) is 90.5 Å². The lowest BCUT2D eigenvalue weighted by Gasteiger charge is -2.37. The Morgan fingerprint density at radius 1 is 0.553 bits per heavy atom. The number of unbranched alkanes of at least 4 members (excludes halogenated alkanes) is 20. The van der Waals surface area contributed by atoms with Crippen molar-refractivity contribution in [3.8, 4) is 0 Å². The van der Waals surface area contributed by atoms with Crippen LogP contribution >= 0.6 is 0 Å². The van der Waals surface area contributed by atoms with Crippen LogP contribution in [0.3, 0.4) is 0 Å². The molecule has 2 atom stereocenters. The van der Waals surface area contributed by atoms with E-state index in [1.54, 1.807) is 0 Å². The van der Waals surface area contributed by atoms with E-state index >= 15 is 0 Å². The van der Waals surface area contributed by atoms with Crippen molar-refractivity contribution >= 4 is 0 Å². The lowest BCUT2D eigenvalue weighted by atomic mass is 9.70. The third kappa shape index (κ3) is 15.6. The third-order valence-corrected chi connectivity index (χ3v) is 10.8.